The number of para-hydroxylation sites is 1. The van der Waals surface area contributed by atoms with Gasteiger partial charge in [0.05, 0.1) is 13.2 Å². The van der Waals surface area contributed by atoms with Gasteiger partial charge in [0, 0.05) is 44.8 Å². The van der Waals surface area contributed by atoms with Crippen molar-refractivity contribution in [2.75, 3.05) is 65.6 Å². The van der Waals surface area contributed by atoms with Crippen molar-refractivity contribution in [2.45, 2.75) is 27.2 Å². The monoisotopic (exact) mass is 497 g/mol. The molecule has 36 heavy (non-hydrogen) atoms. The van der Waals surface area contributed by atoms with Gasteiger partial charge in [-0.3, -0.25) is 14.5 Å². The summed E-state index contributed by atoms with van der Waals surface area (Å²) in [7, 11) is 0. The van der Waals surface area contributed by atoms with Crippen molar-refractivity contribution in [3.8, 4) is 17.2 Å². The smallest absolute Gasteiger partial charge is 0.254 e. The maximum atomic E-state index is 13.3. The van der Waals surface area contributed by atoms with Gasteiger partial charge in [-0.15, -0.1) is 0 Å². The van der Waals surface area contributed by atoms with Crippen LogP contribution in [0.4, 0.5) is 0 Å². The molecule has 8 heteroatoms. The summed E-state index contributed by atoms with van der Waals surface area (Å²) >= 11 is 0. The number of nitrogens with zero attached hydrogens (tertiary/aromatic N) is 3. The lowest BCUT2D eigenvalue weighted by atomic mass is 10.1. The van der Waals surface area contributed by atoms with E-state index in [1.807, 2.05) is 60.9 Å². The van der Waals surface area contributed by atoms with E-state index in [-0.39, 0.29) is 11.8 Å². The average molecular weight is 498 g/mol. The maximum Gasteiger partial charge on any atom is 0.254 e. The van der Waals surface area contributed by atoms with E-state index < -0.39 is 0 Å². The molecule has 196 valence electrons. The first-order chi connectivity index (χ1) is 17.5. The van der Waals surface area contributed by atoms with Gasteiger partial charge < -0.3 is 24.0 Å². The predicted octanol–water partition coefficient (Wildman–Crippen LogP) is 3.56. The molecule has 0 N–H and O–H groups in total. The summed E-state index contributed by atoms with van der Waals surface area (Å²) in [5.74, 6) is 2.03. The van der Waals surface area contributed by atoms with E-state index in [4.69, 9.17) is 14.2 Å². The minimum Gasteiger partial charge on any atom is -0.490 e. The number of hydrogen-bond donors (Lipinski definition) is 0. The molecule has 0 bridgehead atoms. The van der Waals surface area contributed by atoms with E-state index >= 15 is 0 Å². The molecule has 0 saturated carbocycles. The predicted molar refractivity (Wildman–Crippen MR) is 140 cm³/mol. The highest BCUT2D eigenvalue weighted by molar-refractivity contribution is 5.95. The van der Waals surface area contributed by atoms with Crippen LogP contribution in [0, 0.1) is 0 Å². The van der Waals surface area contributed by atoms with Gasteiger partial charge in [-0.2, -0.15) is 0 Å². The van der Waals surface area contributed by atoms with Crippen LogP contribution in [0.15, 0.2) is 48.5 Å². The number of likely N-dealkylation sites (N-methyl/N-ethyl adjacent to an activating group) is 1. The van der Waals surface area contributed by atoms with Crippen LogP contribution in [0.3, 0.4) is 0 Å². The largest absolute Gasteiger partial charge is 0.490 e. The van der Waals surface area contributed by atoms with Gasteiger partial charge >= 0.3 is 0 Å². The van der Waals surface area contributed by atoms with E-state index in [1.165, 1.54) is 0 Å². The molecular formula is C28H39N3O5. The molecule has 0 aromatic heterocycles. The molecule has 2 amide bonds. The van der Waals surface area contributed by atoms with Gasteiger partial charge in [0.2, 0.25) is 5.91 Å². The summed E-state index contributed by atoms with van der Waals surface area (Å²) in [5, 5.41) is 0. The Bertz CT molecular complexity index is 965. The van der Waals surface area contributed by atoms with Crippen molar-refractivity contribution in [1.29, 1.82) is 0 Å². The van der Waals surface area contributed by atoms with Gasteiger partial charge in [0.15, 0.2) is 11.5 Å². The number of hydrogen-bond acceptors (Lipinski definition) is 6. The first kappa shape index (κ1) is 27.3. The third-order valence-electron chi connectivity index (χ3n) is 6.19. The van der Waals surface area contributed by atoms with Crippen molar-refractivity contribution in [1.82, 2.24) is 14.7 Å². The van der Waals surface area contributed by atoms with Crippen LogP contribution in [0.2, 0.25) is 0 Å². The van der Waals surface area contributed by atoms with Crippen LogP contribution < -0.4 is 14.2 Å². The molecule has 1 aliphatic rings. The number of carbonyl (C=O) groups excluding carboxylic acids is 2. The number of carbonyl (C=O) groups is 2. The van der Waals surface area contributed by atoms with Crippen molar-refractivity contribution < 1.29 is 23.8 Å². The lowest BCUT2D eigenvalue weighted by molar-refractivity contribution is -0.132. The lowest BCUT2D eigenvalue weighted by Gasteiger charge is -2.25. The zero-order chi connectivity index (χ0) is 25.8. The van der Waals surface area contributed by atoms with E-state index in [0.29, 0.717) is 63.1 Å². The van der Waals surface area contributed by atoms with E-state index in [1.54, 1.807) is 18.2 Å². The van der Waals surface area contributed by atoms with Crippen LogP contribution in [-0.2, 0) is 4.79 Å². The van der Waals surface area contributed by atoms with E-state index in [2.05, 4.69) is 4.90 Å². The van der Waals surface area contributed by atoms with Gasteiger partial charge in [0.25, 0.3) is 5.91 Å². The highest BCUT2D eigenvalue weighted by Gasteiger charge is 2.23. The summed E-state index contributed by atoms with van der Waals surface area (Å²) in [6.07, 6.45) is 0.832. The zero-order valence-electron chi connectivity index (χ0n) is 21.8. The molecular weight excluding hydrogens is 458 g/mol. The van der Waals surface area contributed by atoms with Crippen LogP contribution >= 0.6 is 0 Å². The second-order valence-electron chi connectivity index (χ2n) is 8.59. The number of rotatable bonds is 12. The van der Waals surface area contributed by atoms with Gasteiger partial charge in [-0.25, -0.2) is 0 Å². The van der Waals surface area contributed by atoms with Crippen molar-refractivity contribution in [2.24, 2.45) is 0 Å². The second-order valence-corrected chi connectivity index (χ2v) is 8.59. The molecule has 1 fully saturated rings. The minimum absolute atomic E-state index is 0.0353. The Labute approximate surface area is 214 Å². The summed E-state index contributed by atoms with van der Waals surface area (Å²) < 4.78 is 17.3. The molecule has 0 spiro atoms. The highest BCUT2D eigenvalue weighted by atomic mass is 16.5. The summed E-state index contributed by atoms with van der Waals surface area (Å²) in [6, 6.07) is 14.9. The molecule has 1 saturated heterocycles. The van der Waals surface area contributed by atoms with E-state index in [0.717, 1.165) is 31.8 Å². The Balaban J connectivity index is 1.56. The Hall–Kier alpha value is -3.26. The standard InChI is InChI=1S/C28H39N3O5/c1-4-30(5-2)27(32)22-29-15-10-16-31(18-17-29)28(33)23-13-14-25(26(21-23)34-6-3)36-20-19-35-24-11-8-7-9-12-24/h7-9,11-14,21H,4-6,10,15-20,22H2,1-3H3. The molecule has 3 rings (SSSR count). The first-order valence-corrected chi connectivity index (χ1v) is 12.9. The fourth-order valence-electron chi connectivity index (χ4n) is 4.24. The molecule has 2 aromatic carbocycles. The van der Waals surface area contributed by atoms with Crippen LogP contribution in [0.25, 0.3) is 0 Å². The van der Waals surface area contributed by atoms with Gasteiger partial charge in [0.1, 0.15) is 19.0 Å². The number of amides is 2. The average Bonchev–Trinajstić information content (AvgIpc) is 3.14. The Morgan fingerprint density at radius 2 is 1.58 bits per heavy atom. The zero-order valence-corrected chi connectivity index (χ0v) is 21.8. The lowest BCUT2D eigenvalue weighted by Crippen LogP contribution is -2.42. The Morgan fingerprint density at radius 3 is 2.31 bits per heavy atom. The Morgan fingerprint density at radius 1 is 0.833 bits per heavy atom. The van der Waals surface area contributed by atoms with Crippen LogP contribution in [-0.4, -0.2) is 92.1 Å². The van der Waals surface area contributed by atoms with E-state index in [9.17, 15) is 9.59 Å². The fraction of sp³-hybridized carbons (Fsp3) is 0.500. The molecule has 0 aliphatic carbocycles. The normalized spacial score (nSPS) is 14.1. The number of ether oxygens (including phenoxy) is 3. The maximum absolute atomic E-state index is 13.3. The second kappa shape index (κ2) is 14.3. The van der Waals surface area contributed by atoms with Gasteiger partial charge in [-0.1, -0.05) is 18.2 Å². The first-order valence-electron chi connectivity index (χ1n) is 12.9. The third-order valence-corrected chi connectivity index (χ3v) is 6.19. The summed E-state index contributed by atoms with van der Waals surface area (Å²) in [5.41, 5.74) is 0.569. The third kappa shape index (κ3) is 7.88. The van der Waals surface area contributed by atoms with Crippen molar-refractivity contribution in [3.05, 3.63) is 54.1 Å². The topological polar surface area (TPSA) is 71.6 Å². The summed E-state index contributed by atoms with van der Waals surface area (Å²) in [4.78, 5) is 31.6. The minimum atomic E-state index is -0.0353. The van der Waals surface area contributed by atoms with Crippen molar-refractivity contribution >= 4 is 11.8 Å². The van der Waals surface area contributed by atoms with Gasteiger partial charge in [-0.05, 0) is 57.5 Å². The fourth-order valence-corrected chi connectivity index (χ4v) is 4.24. The Kier molecular flexibility index (Phi) is 10.9. The molecule has 0 atom stereocenters. The molecule has 0 radical (unpaired) electrons. The SMILES string of the molecule is CCOc1cc(C(=O)N2CCCN(CC(=O)N(CC)CC)CC2)ccc1OCCOc1ccccc1. The molecule has 1 aliphatic heterocycles. The molecule has 1 heterocycles. The number of benzene rings is 2. The summed E-state index contributed by atoms with van der Waals surface area (Å²) in [6.45, 7) is 11.7. The van der Waals surface area contributed by atoms with Crippen LogP contribution in [0.5, 0.6) is 17.2 Å². The highest BCUT2D eigenvalue weighted by Crippen LogP contribution is 2.29. The van der Waals surface area contributed by atoms with Crippen LogP contribution in [0.1, 0.15) is 37.6 Å². The molecule has 2 aromatic rings. The van der Waals surface area contributed by atoms with Crippen molar-refractivity contribution in [3.63, 3.8) is 0 Å². The molecule has 0 unspecified atom stereocenters. The molecule has 8 nitrogen and oxygen atoms in total. The quantitative estimate of drug-likeness (QED) is 0.418.